The topological polar surface area (TPSA) is 80.0 Å². The minimum atomic E-state index is -0.803. The molecule has 0 saturated heterocycles. The number of carbonyl (C=O) groups is 1. The van der Waals surface area contributed by atoms with E-state index in [1.165, 1.54) is 11.8 Å². The van der Waals surface area contributed by atoms with E-state index < -0.39 is 12.0 Å². The third-order valence-corrected chi connectivity index (χ3v) is 3.86. The highest BCUT2D eigenvalue weighted by Gasteiger charge is 2.28. The molecular formula is C10H16N4O2S. The van der Waals surface area contributed by atoms with E-state index in [2.05, 4.69) is 15.5 Å². The van der Waals surface area contributed by atoms with Crippen molar-refractivity contribution in [3.8, 4) is 0 Å². The van der Waals surface area contributed by atoms with Gasteiger partial charge in [0, 0.05) is 18.8 Å². The maximum absolute atomic E-state index is 11.1. The SMILES string of the molecule is Cc1nnc(SCC(NC2CC2)C(=O)O)n1C. The molecule has 0 aromatic carbocycles. The molecule has 94 valence electrons. The molecule has 0 bridgehead atoms. The van der Waals surface area contributed by atoms with Gasteiger partial charge >= 0.3 is 5.97 Å². The van der Waals surface area contributed by atoms with Gasteiger partial charge in [-0.2, -0.15) is 0 Å². The van der Waals surface area contributed by atoms with Crippen LogP contribution in [0.15, 0.2) is 5.16 Å². The third-order valence-electron chi connectivity index (χ3n) is 2.74. The Bertz CT molecular complexity index is 416. The van der Waals surface area contributed by atoms with E-state index in [4.69, 9.17) is 5.11 Å². The van der Waals surface area contributed by atoms with Crippen LogP contribution in [0, 0.1) is 6.92 Å². The number of aromatic nitrogens is 3. The Kier molecular flexibility index (Phi) is 3.68. The fourth-order valence-corrected chi connectivity index (χ4v) is 2.38. The van der Waals surface area contributed by atoms with E-state index in [-0.39, 0.29) is 0 Å². The van der Waals surface area contributed by atoms with Crippen molar-refractivity contribution in [2.75, 3.05) is 5.75 Å². The zero-order valence-corrected chi connectivity index (χ0v) is 10.7. The first-order valence-corrected chi connectivity index (χ1v) is 6.54. The van der Waals surface area contributed by atoms with Gasteiger partial charge in [0.05, 0.1) is 0 Å². The highest BCUT2D eigenvalue weighted by Crippen LogP contribution is 2.22. The molecule has 1 unspecified atom stereocenters. The first-order chi connectivity index (χ1) is 8.08. The summed E-state index contributed by atoms with van der Waals surface area (Å²) >= 11 is 1.42. The molecule has 0 amide bonds. The zero-order chi connectivity index (χ0) is 12.4. The number of hydrogen-bond acceptors (Lipinski definition) is 5. The van der Waals surface area contributed by atoms with Crippen LogP contribution < -0.4 is 5.32 Å². The van der Waals surface area contributed by atoms with E-state index in [1.54, 1.807) is 0 Å². The maximum atomic E-state index is 11.1. The van der Waals surface area contributed by atoms with Gasteiger partial charge in [-0.3, -0.25) is 4.79 Å². The number of nitrogens with zero attached hydrogens (tertiary/aromatic N) is 3. The molecule has 1 aliphatic rings. The summed E-state index contributed by atoms with van der Waals surface area (Å²) in [5, 5.41) is 20.9. The minimum Gasteiger partial charge on any atom is -0.480 e. The third kappa shape index (κ3) is 3.19. The summed E-state index contributed by atoms with van der Waals surface area (Å²) in [4.78, 5) is 11.1. The number of thioether (sulfide) groups is 1. The van der Waals surface area contributed by atoms with Crippen molar-refractivity contribution >= 4 is 17.7 Å². The molecule has 1 saturated carbocycles. The second-order valence-electron chi connectivity index (χ2n) is 4.23. The van der Waals surface area contributed by atoms with Crippen LogP contribution in [0.3, 0.4) is 0 Å². The molecule has 1 aliphatic carbocycles. The molecule has 7 heteroatoms. The molecule has 1 atom stereocenters. The van der Waals surface area contributed by atoms with E-state index in [0.29, 0.717) is 11.8 Å². The monoisotopic (exact) mass is 256 g/mol. The van der Waals surface area contributed by atoms with Crippen molar-refractivity contribution in [3.05, 3.63) is 5.82 Å². The van der Waals surface area contributed by atoms with Crippen molar-refractivity contribution < 1.29 is 9.90 Å². The first-order valence-electron chi connectivity index (χ1n) is 5.55. The molecule has 1 aromatic heterocycles. The Balaban J connectivity index is 1.90. The lowest BCUT2D eigenvalue weighted by molar-refractivity contribution is -0.138. The van der Waals surface area contributed by atoms with Gasteiger partial charge in [-0.25, -0.2) is 0 Å². The lowest BCUT2D eigenvalue weighted by atomic mass is 10.3. The fraction of sp³-hybridized carbons (Fsp3) is 0.700. The lowest BCUT2D eigenvalue weighted by Gasteiger charge is -2.12. The molecule has 0 aliphatic heterocycles. The fourth-order valence-electron chi connectivity index (χ4n) is 1.40. The van der Waals surface area contributed by atoms with Crippen LogP contribution in [0.5, 0.6) is 0 Å². The lowest BCUT2D eigenvalue weighted by Crippen LogP contribution is -2.40. The highest BCUT2D eigenvalue weighted by molar-refractivity contribution is 7.99. The van der Waals surface area contributed by atoms with Crippen molar-refractivity contribution in [3.63, 3.8) is 0 Å². The molecule has 0 spiro atoms. The van der Waals surface area contributed by atoms with Gasteiger partial charge < -0.3 is 15.0 Å². The van der Waals surface area contributed by atoms with Crippen LogP contribution in [-0.2, 0) is 11.8 Å². The molecule has 2 rings (SSSR count). The van der Waals surface area contributed by atoms with Crippen LogP contribution in [0.1, 0.15) is 18.7 Å². The van der Waals surface area contributed by atoms with E-state index in [9.17, 15) is 4.79 Å². The van der Waals surface area contributed by atoms with Gasteiger partial charge in [-0.1, -0.05) is 11.8 Å². The largest absolute Gasteiger partial charge is 0.480 e. The number of aliphatic carboxylic acids is 1. The molecule has 17 heavy (non-hydrogen) atoms. The van der Waals surface area contributed by atoms with Gasteiger partial charge in [0.2, 0.25) is 0 Å². The van der Waals surface area contributed by atoms with Crippen LogP contribution >= 0.6 is 11.8 Å². The summed E-state index contributed by atoms with van der Waals surface area (Å²) in [6.07, 6.45) is 2.16. The van der Waals surface area contributed by atoms with E-state index in [0.717, 1.165) is 23.8 Å². The van der Waals surface area contributed by atoms with Gasteiger partial charge in [-0.15, -0.1) is 10.2 Å². The first kappa shape index (κ1) is 12.4. The average Bonchev–Trinajstić information content (AvgIpc) is 3.04. The summed E-state index contributed by atoms with van der Waals surface area (Å²) in [6.45, 7) is 1.87. The summed E-state index contributed by atoms with van der Waals surface area (Å²) in [6, 6.07) is -0.123. The number of carboxylic acids is 1. The number of rotatable bonds is 6. The van der Waals surface area contributed by atoms with Crippen LogP contribution in [0.2, 0.25) is 0 Å². The number of hydrogen-bond donors (Lipinski definition) is 2. The number of aryl methyl sites for hydroxylation is 1. The van der Waals surface area contributed by atoms with Gasteiger partial charge in [0.15, 0.2) is 5.16 Å². The molecule has 0 radical (unpaired) electrons. The van der Waals surface area contributed by atoms with Crippen LogP contribution in [-0.4, -0.2) is 43.7 Å². The Labute approximate surface area is 104 Å². The smallest absolute Gasteiger partial charge is 0.321 e. The molecular weight excluding hydrogens is 240 g/mol. The number of carboxylic acid groups (broad SMARTS) is 1. The molecule has 1 aromatic rings. The predicted molar refractivity (Wildman–Crippen MR) is 64.0 cm³/mol. The van der Waals surface area contributed by atoms with Crippen LogP contribution in [0.25, 0.3) is 0 Å². The second kappa shape index (κ2) is 5.05. The average molecular weight is 256 g/mol. The van der Waals surface area contributed by atoms with Crippen molar-refractivity contribution in [1.29, 1.82) is 0 Å². The summed E-state index contributed by atoms with van der Waals surface area (Å²) < 4.78 is 1.86. The van der Waals surface area contributed by atoms with Crippen molar-refractivity contribution in [2.45, 2.75) is 37.0 Å². The summed E-state index contributed by atoms with van der Waals surface area (Å²) in [7, 11) is 1.88. The summed E-state index contributed by atoms with van der Waals surface area (Å²) in [5.74, 6) is 0.496. The molecule has 1 fully saturated rings. The normalized spacial score (nSPS) is 17.1. The van der Waals surface area contributed by atoms with Crippen LogP contribution in [0.4, 0.5) is 0 Å². The standard InChI is InChI=1S/C10H16N4O2S/c1-6-12-13-10(14(6)2)17-5-8(9(15)16)11-7-3-4-7/h7-8,11H,3-5H2,1-2H3,(H,15,16). The zero-order valence-electron chi connectivity index (χ0n) is 9.88. The molecule has 2 N–H and O–H groups in total. The Hall–Kier alpha value is -1.08. The van der Waals surface area contributed by atoms with Gasteiger partial charge in [0.1, 0.15) is 11.9 Å². The molecule has 1 heterocycles. The van der Waals surface area contributed by atoms with Gasteiger partial charge in [0.25, 0.3) is 0 Å². The summed E-state index contributed by atoms with van der Waals surface area (Å²) in [5.41, 5.74) is 0. The molecule has 6 nitrogen and oxygen atoms in total. The van der Waals surface area contributed by atoms with E-state index >= 15 is 0 Å². The minimum absolute atomic E-state index is 0.387. The Morgan fingerprint density at radius 2 is 2.35 bits per heavy atom. The quantitative estimate of drug-likeness (QED) is 0.718. The Morgan fingerprint density at radius 1 is 1.65 bits per heavy atom. The second-order valence-corrected chi connectivity index (χ2v) is 5.22. The highest BCUT2D eigenvalue weighted by atomic mass is 32.2. The van der Waals surface area contributed by atoms with E-state index in [1.807, 2.05) is 18.5 Å². The van der Waals surface area contributed by atoms with Crippen molar-refractivity contribution in [1.82, 2.24) is 20.1 Å². The predicted octanol–water partition coefficient (Wildman–Crippen LogP) is 0.421. The van der Waals surface area contributed by atoms with Gasteiger partial charge in [-0.05, 0) is 19.8 Å². The Morgan fingerprint density at radius 3 is 2.82 bits per heavy atom. The number of nitrogens with one attached hydrogen (secondary N) is 1. The maximum Gasteiger partial charge on any atom is 0.321 e. The van der Waals surface area contributed by atoms with Crippen molar-refractivity contribution in [2.24, 2.45) is 7.05 Å².